The van der Waals surface area contributed by atoms with Crippen LogP contribution in [0.5, 0.6) is 0 Å². The van der Waals surface area contributed by atoms with Crippen molar-refractivity contribution in [1.29, 1.82) is 0 Å². The molecule has 2 amide bonds. The molecule has 0 radical (unpaired) electrons. The molecule has 1 fully saturated rings. The summed E-state index contributed by atoms with van der Waals surface area (Å²) in [6.45, 7) is 6.18. The highest BCUT2D eigenvalue weighted by molar-refractivity contribution is 7.92. The average Bonchev–Trinajstić information content (AvgIpc) is 3.28. The van der Waals surface area contributed by atoms with E-state index >= 15 is 4.39 Å². The molecule has 0 bridgehead atoms. The summed E-state index contributed by atoms with van der Waals surface area (Å²) in [5.74, 6) is -1.03. The van der Waals surface area contributed by atoms with Crippen LogP contribution in [0.3, 0.4) is 0 Å². The van der Waals surface area contributed by atoms with Crippen LogP contribution in [0.4, 0.5) is 14.9 Å². The van der Waals surface area contributed by atoms with Gasteiger partial charge in [0.2, 0.25) is 15.9 Å². The minimum atomic E-state index is -3.91. The third kappa shape index (κ3) is 6.70. The van der Waals surface area contributed by atoms with Crippen LogP contribution < -0.4 is 9.62 Å². The number of amides is 2. The van der Waals surface area contributed by atoms with Gasteiger partial charge in [-0.3, -0.25) is 4.79 Å². The predicted molar refractivity (Wildman–Crippen MR) is 143 cm³/mol. The second-order valence-electron chi connectivity index (χ2n) is 9.98. The third-order valence-electron chi connectivity index (χ3n) is 6.00. The first kappa shape index (κ1) is 27.6. The summed E-state index contributed by atoms with van der Waals surface area (Å²) in [6.07, 6.45) is 2.11. The number of benzene rings is 1. The molecule has 1 N–H and O–H groups in total. The van der Waals surface area contributed by atoms with Gasteiger partial charge in [0.25, 0.3) is 0 Å². The quantitative estimate of drug-likeness (QED) is 0.551. The lowest BCUT2D eigenvalue weighted by Gasteiger charge is -2.26. The molecule has 4 rings (SSSR count). The minimum absolute atomic E-state index is 0.111. The normalized spacial score (nSPS) is 18.8. The molecule has 0 saturated carbocycles. The lowest BCUT2D eigenvalue weighted by atomic mass is 10.0. The summed E-state index contributed by atoms with van der Waals surface area (Å²) in [7, 11) is -3.91. The lowest BCUT2D eigenvalue weighted by Crippen LogP contribution is -2.41. The summed E-state index contributed by atoms with van der Waals surface area (Å²) in [6, 6.07) is 5.59. The Morgan fingerprint density at radius 2 is 2.00 bits per heavy atom. The van der Waals surface area contributed by atoms with Gasteiger partial charge in [0, 0.05) is 29.9 Å². The monoisotopic (exact) mass is 569 g/mol. The Morgan fingerprint density at radius 1 is 1.24 bits per heavy atom. The first-order valence-corrected chi connectivity index (χ1v) is 14.6. The van der Waals surface area contributed by atoms with Crippen molar-refractivity contribution in [1.82, 2.24) is 9.62 Å². The molecule has 0 unspecified atom stereocenters. The number of thiophene rings is 1. The zero-order valence-corrected chi connectivity index (χ0v) is 23.2. The van der Waals surface area contributed by atoms with Gasteiger partial charge in [-0.05, 0) is 75.4 Å². The van der Waals surface area contributed by atoms with Gasteiger partial charge in [-0.15, -0.1) is 11.3 Å². The van der Waals surface area contributed by atoms with Gasteiger partial charge in [-0.25, -0.2) is 17.6 Å². The second kappa shape index (κ2) is 10.7. The van der Waals surface area contributed by atoms with E-state index in [9.17, 15) is 18.0 Å². The summed E-state index contributed by atoms with van der Waals surface area (Å²) < 4.78 is 49.1. The maximum atomic E-state index is 15.6. The van der Waals surface area contributed by atoms with E-state index < -0.39 is 39.5 Å². The minimum Gasteiger partial charge on any atom is -0.444 e. The third-order valence-corrected chi connectivity index (χ3v) is 8.30. The molecule has 0 aliphatic carbocycles. The molecular weight excluding hydrogens is 541 g/mol. The summed E-state index contributed by atoms with van der Waals surface area (Å²) in [4.78, 5) is 29.1. The van der Waals surface area contributed by atoms with Gasteiger partial charge in [0.15, 0.2) is 0 Å². The van der Waals surface area contributed by atoms with Crippen molar-refractivity contribution in [2.75, 3.05) is 18.0 Å². The highest BCUT2D eigenvalue weighted by Crippen LogP contribution is 2.32. The Morgan fingerprint density at radius 3 is 2.68 bits per heavy atom. The molecule has 2 aliphatic rings. The Kier molecular flexibility index (Phi) is 7.99. The van der Waals surface area contributed by atoms with Crippen molar-refractivity contribution in [3.05, 3.63) is 55.8 Å². The zero-order chi connectivity index (χ0) is 27.0. The van der Waals surface area contributed by atoms with Gasteiger partial charge >= 0.3 is 6.09 Å². The number of nitrogens with one attached hydrogen (secondary N) is 1. The van der Waals surface area contributed by atoms with Crippen molar-refractivity contribution in [3.63, 3.8) is 0 Å². The van der Waals surface area contributed by atoms with Crippen LogP contribution in [0, 0.1) is 5.82 Å². The van der Waals surface area contributed by atoms with Gasteiger partial charge in [0.05, 0.1) is 10.0 Å². The molecule has 1 aromatic heterocycles. The predicted octanol–water partition coefficient (Wildman–Crippen LogP) is 4.92. The van der Waals surface area contributed by atoms with Crippen LogP contribution in [0.15, 0.2) is 29.7 Å². The number of sulfonamides is 1. The second-order valence-corrected chi connectivity index (χ2v) is 13.3. The average molecular weight is 570 g/mol. The molecule has 200 valence electrons. The molecule has 2 aromatic rings. The van der Waals surface area contributed by atoms with E-state index in [1.54, 1.807) is 43.9 Å². The largest absolute Gasteiger partial charge is 0.444 e. The van der Waals surface area contributed by atoms with Crippen LogP contribution >= 0.6 is 22.9 Å². The highest BCUT2D eigenvalue weighted by atomic mass is 35.5. The molecule has 1 atom stereocenters. The number of anilines is 1. The first-order chi connectivity index (χ1) is 17.3. The fraction of sp³-hybridized carbons (Fsp3) is 0.440. The van der Waals surface area contributed by atoms with Crippen molar-refractivity contribution in [2.45, 2.75) is 58.2 Å². The summed E-state index contributed by atoms with van der Waals surface area (Å²) >= 11 is 7.10. The van der Waals surface area contributed by atoms with Crippen LogP contribution in [-0.4, -0.2) is 50.1 Å². The van der Waals surface area contributed by atoms with Gasteiger partial charge < -0.3 is 14.5 Å². The number of fused-ring (bicyclic) bond motifs is 1. The molecule has 0 spiro atoms. The molecule has 12 heteroatoms. The van der Waals surface area contributed by atoms with E-state index in [2.05, 4.69) is 4.72 Å². The van der Waals surface area contributed by atoms with Crippen molar-refractivity contribution < 1.29 is 27.1 Å². The molecule has 37 heavy (non-hydrogen) atoms. The van der Waals surface area contributed by atoms with E-state index in [1.165, 1.54) is 28.4 Å². The standard InChI is InChI=1S/C25H29ClFN3O5S2/c1-25(2,3)35-24(32)29-12-4-5-18-16(15-29)6-8-20(22(18)27)30-13-10-19(23(30)31)28-37(33,34)14-11-17-7-9-21(26)36-17/h6-9,11,14,19,28H,4-5,10,12-13,15H2,1-3H3/t19-/m0/s1. The van der Waals surface area contributed by atoms with E-state index in [0.29, 0.717) is 39.7 Å². The zero-order valence-electron chi connectivity index (χ0n) is 20.8. The molecule has 8 nitrogen and oxygen atoms in total. The summed E-state index contributed by atoms with van der Waals surface area (Å²) in [5, 5.41) is 0.991. The Bertz CT molecular complexity index is 1340. The van der Waals surface area contributed by atoms with E-state index in [4.69, 9.17) is 16.3 Å². The molecule has 2 aliphatic heterocycles. The fourth-order valence-electron chi connectivity index (χ4n) is 4.33. The Hall–Kier alpha value is -2.47. The number of hydrogen-bond acceptors (Lipinski definition) is 6. The van der Waals surface area contributed by atoms with Gasteiger partial charge in [-0.1, -0.05) is 17.7 Å². The van der Waals surface area contributed by atoms with Crippen molar-refractivity contribution in [2.24, 2.45) is 0 Å². The SMILES string of the molecule is CC(C)(C)OC(=O)N1CCCc2c(ccc(N3CC[C@H](NS(=O)(=O)C=Cc4ccc(Cl)s4)C3=O)c2F)C1. The van der Waals surface area contributed by atoms with Gasteiger partial charge in [-0.2, -0.15) is 4.72 Å². The van der Waals surface area contributed by atoms with Crippen molar-refractivity contribution >= 4 is 56.7 Å². The van der Waals surface area contributed by atoms with Crippen LogP contribution in [0.1, 0.15) is 49.6 Å². The molecule has 1 aromatic carbocycles. The van der Waals surface area contributed by atoms with Gasteiger partial charge in [0.1, 0.15) is 17.5 Å². The number of carbonyl (C=O) groups is 2. The number of halogens is 2. The summed E-state index contributed by atoms with van der Waals surface area (Å²) in [5.41, 5.74) is 0.591. The Labute approximate surface area is 225 Å². The smallest absolute Gasteiger partial charge is 0.410 e. The number of ether oxygens (including phenoxy) is 1. The maximum absolute atomic E-state index is 15.6. The number of carbonyl (C=O) groups excluding carboxylic acids is 2. The van der Waals surface area contributed by atoms with E-state index in [-0.39, 0.29) is 25.2 Å². The number of nitrogens with zero attached hydrogens (tertiary/aromatic N) is 2. The number of hydrogen-bond donors (Lipinski definition) is 1. The molecule has 1 saturated heterocycles. The molecule has 3 heterocycles. The number of rotatable bonds is 5. The fourth-order valence-corrected chi connectivity index (χ4v) is 6.40. The highest BCUT2D eigenvalue weighted by Gasteiger charge is 2.37. The first-order valence-electron chi connectivity index (χ1n) is 11.9. The lowest BCUT2D eigenvalue weighted by molar-refractivity contribution is -0.118. The van der Waals surface area contributed by atoms with E-state index in [0.717, 1.165) is 5.41 Å². The maximum Gasteiger partial charge on any atom is 0.410 e. The van der Waals surface area contributed by atoms with Crippen LogP contribution in [-0.2, 0) is 32.5 Å². The van der Waals surface area contributed by atoms with Crippen LogP contribution in [0.25, 0.3) is 6.08 Å². The van der Waals surface area contributed by atoms with Crippen molar-refractivity contribution in [3.8, 4) is 0 Å². The van der Waals surface area contributed by atoms with E-state index in [1.807, 2.05) is 0 Å². The molecular formula is C25H29ClFN3O5S2. The topological polar surface area (TPSA) is 96.0 Å². The van der Waals surface area contributed by atoms with Crippen LogP contribution in [0.2, 0.25) is 4.34 Å². The Balaban J connectivity index is 1.47.